The maximum atomic E-state index is 11.9. The Hall–Kier alpha value is -0.910. The first-order chi connectivity index (χ1) is 8.03. The van der Waals surface area contributed by atoms with E-state index < -0.39 is 5.97 Å². The second-order valence-corrected chi connectivity index (χ2v) is 4.46. The Morgan fingerprint density at radius 1 is 1.29 bits per heavy atom. The number of quaternary nitrogens is 1. The first-order valence-electron chi connectivity index (χ1n) is 6.01. The number of esters is 1. The van der Waals surface area contributed by atoms with Crippen molar-refractivity contribution in [1.82, 2.24) is 0 Å². The van der Waals surface area contributed by atoms with E-state index in [0.717, 1.165) is 12.8 Å². The first-order valence-corrected chi connectivity index (χ1v) is 6.01. The summed E-state index contributed by atoms with van der Waals surface area (Å²) in [5.41, 5.74) is 0.381. The van der Waals surface area contributed by atoms with Crippen LogP contribution in [-0.4, -0.2) is 50.1 Å². The average molecular weight is 243 g/mol. The molecule has 0 atom stereocenters. The van der Waals surface area contributed by atoms with Crippen molar-refractivity contribution >= 4 is 5.97 Å². The van der Waals surface area contributed by atoms with Gasteiger partial charge in [-0.1, -0.05) is 6.58 Å². The van der Waals surface area contributed by atoms with Gasteiger partial charge in [0.2, 0.25) is 0 Å². The van der Waals surface area contributed by atoms with E-state index in [-0.39, 0.29) is 11.3 Å². The molecule has 0 spiro atoms. The minimum Gasteiger partial charge on any atom is -0.633 e. The molecule has 0 aromatic rings. The molecule has 0 radical (unpaired) electrons. The van der Waals surface area contributed by atoms with Crippen molar-refractivity contribution < 1.29 is 18.9 Å². The van der Waals surface area contributed by atoms with Crippen LogP contribution in [0.4, 0.5) is 0 Å². The lowest BCUT2D eigenvalue weighted by Crippen LogP contribution is -2.41. The van der Waals surface area contributed by atoms with Gasteiger partial charge in [0.05, 0.1) is 26.3 Å². The van der Waals surface area contributed by atoms with Crippen molar-refractivity contribution in [1.29, 1.82) is 0 Å². The largest absolute Gasteiger partial charge is 0.633 e. The van der Waals surface area contributed by atoms with Crippen LogP contribution in [-0.2, 0) is 14.3 Å². The van der Waals surface area contributed by atoms with Gasteiger partial charge in [-0.05, 0) is 6.92 Å². The molecule has 1 aliphatic heterocycles. The zero-order chi connectivity index (χ0) is 12.7. The lowest BCUT2D eigenvalue weighted by atomic mass is 10.4. The number of rotatable bonds is 7. The number of hydrogen-bond acceptors (Lipinski definition) is 4. The van der Waals surface area contributed by atoms with Gasteiger partial charge in [-0.2, -0.15) is 0 Å². The number of hydroxylamine groups is 3. The Morgan fingerprint density at radius 3 is 2.53 bits per heavy atom. The highest BCUT2D eigenvalue weighted by Gasteiger charge is 2.21. The van der Waals surface area contributed by atoms with Crippen molar-refractivity contribution in [3.63, 3.8) is 0 Å². The fraction of sp³-hybridized carbons (Fsp3) is 0.750. The fourth-order valence-corrected chi connectivity index (χ4v) is 1.78. The predicted molar refractivity (Wildman–Crippen MR) is 64.1 cm³/mol. The molecule has 0 N–H and O–H groups in total. The Bertz CT molecular complexity index is 272. The van der Waals surface area contributed by atoms with Gasteiger partial charge in [-0.25, -0.2) is 4.79 Å². The molecular weight excluding hydrogens is 222 g/mol. The Kier molecular flexibility index (Phi) is 5.61. The summed E-state index contributed by atoms with van der Waals surface area (Å²) in [4.78, 5) is 11.0. The number of carbonyl (C=O) groups is 1. The van der Waals surface area contributed by atoms with Crippen LogP contribution in [0.2, 0.25) is 0 Å². The van der Waals surface area contributed by atoms with E-state index in [4.69, 9.17) is 9.47 Å². The molecule has 0 saturated carbocycles. The third-order valence-electron chi connectivity index (χ3n) is 2.83. The molecule has 0 aliphatic carbocycles. The molecule has 1 heterocycles. The van der Waals surface area contributed by atoms with Crippen molar-refractivity contribution in [3.8, 4) is 0 Å². The summed E-state index contributed by atoms with van der Waals surface area (Å²) in [6.45, 7) is 7.94. The molecule has 1 rings (SSSR count). The zero-order valence-electron chi connectivity index (χ0n) is 10.4. The van der Waals surface area contributed by atoms with Crippen molar-refractivity contribution in [3.05, 3.63) is 17.4 Å². The predicted octanol–water partition coefficient (Wildman–Crippen LogP) is 1.23. The maximum absolute atomic E-state index is 11.9. The zero-order valence-corrected chi connectivity index (χ0v) is 10.4. The third kappa shape index (κ3) is 5.30. The van der Waals surface area contributed by atoms with Gasteiger partial charge in [0.25, 0.3) is 0 Å². The van der Waals surface area contributed by atoms with Crippen LogP contribution < -0.4 is 0 Å². The van der Waals surface area contributed by atoms with Crippen LogP contribution in [0, 0.1) is 5.21 Å². The smallest absolute Gasteiger partial charge is 0.333 e. The van der Waals surface area contributed by atoms with E-state index in [1.807, 2.05) is 0 Å². The third-order valence-corrected chi connectivity index (χ3v) is 2.83. The Balaban J connectivity index is 1.98. The standard InChI is InChI=1S/C12H21NO4/c1-11(2)12(14)17-10-9-16-8-7-13(15)5-3-4-6-13/h1,3-10H2,2H3. The molecule has 1 fully saturated rings. The van der Waals surface area contributed by atoms with Crippen LogP contribution in [0.5, 0.6) is 0 Å². The summed E-state index contributed by atoms with van der Waals surface area (Å²) in [6.07, 6.45) is 2.03. The van der Waals surface area contributed by atoms with Crippen LogP contribution >= 0.6 is 0 Å². The van der Waals surface area contributed by atoms with Crippen LogP contribution in [0.25, 0.3) is 0 Å². The molecule has 5 nitrogen and oxygen atoms in total. The first kappa shape index (κ1) is 14.2. The summed E-state index contributed by atoms with van der Waals surface area (Å²) in [5.74, 6) is -0.402. The summed E-state index contributed by atoms with van der Waals surface area (Å²) >= 11 is 0. The second-order valence-electron chi connectivity index (χ2n) is 4.46. The molecule has 0 aromatic carbocycles. The van der Waals surface area contributed by atoms with Gasteiger partial charge in [0.15, 0.2) is 0 Å². The van der Waals surface area contributed by atoms with Crippen molar-refractivity contribution in [2.75, 3.05) is 39.5 Å². The normalized spacial score (nSPS) is 18.0. The number of likely N-dealkylation sites (tertiary alicyclic amines) is 1. The highest BCUT2D eigenvalue weighted by molar-refractivity contribution is 5.86. The van der Waals surface area contributed by atoms with E-state index in [1.165, 1.54) is 0 Å². The topological polar surface area (TPSA) is 58.6 Å². The van der Waals surface area contributed by atoms with Gasteiger partial charge >= 0.3 is 5.97 Å². The van der Waals surface area contributed by atoms with Crippen LogP contribution in [0.1, 0.15) is 19.8 Å². The van der Waals surface area contributed by atoms with E-state index in [0.29, 0.717) is 38.4 Å². The number of hydrogen-bond donors (Lipinski definition) is 0. The number of nitrogens with zero attached hydrogens (tertiary/aromatic N) is 1. The average Bonchev–Trinajstić information content (AvgIpc) is 2.70. The molecule has 0 unspecified atom stereocenters. The fourth-order valence-electron chi connectivity index (χ4n) is 1.78. The molecule has 98 valence electrons. The molecule has 5 heteroatoms. The van der Waals surface area contributed by atoms with E-state index in [1.54, 1.807) is 6.92 Å². The van der Waals surface area contributed by atoms with Gasteiger partial charge in [0.1, 0.15) is 13.2 Å². The maximum Gasteiger partial charge on any atom is 0.333 e. The Morgan fingerprint density at radius 2 is 1.94 bits per heavy atom. The molecule has 0 aromatic heterocycles. The lowest BCUT2D eigenvalue weighted by Gasteiger charge is -2.38. The van der Waals surface area contributed by atoms with Gasteiger partial charge < -0.3 is 19.3 Å². The molecule has 17 heavy (non-hydrogen) atoms. The highest BCUT2D eigenvalue weighted by atomic mass is 16.6. The van der Waals surface area contributed by atoms with Crippen LogP contribution in [0.3, 0.4) is 0 Å². The lowest BCUT2D eigenvalue weighted by molar-refractivity contribution is -0.868. The molecular formula is C12H21NO4. The van der Waals surface area contributed by atoms with Crippen molar-refractivity contribution in [2.24, 2.45) is 0 Å². The number of carbonyl (C=O) groups excluding carboxylic acids is 1. The second kappa shape index (κ2) is 6.74. The quantitative estimate of drug-likeness (QED) is 0.222. The van der Waals surface area contributed by atoms with Gasteiger partial charge in [0, 0.05) is 18.4 Å². The van der Waals surface area contributed by atoms with E-state index in [2.05, 4.69) is 6.58 Å². The minimum atomic E-state index is -0.402. The van der Waals surface area contributed by atoms with E-state index in [9.17, 15) is 10.0 Å². The van der Waals surface area contributed by atoms with E-state index >= 15 is 0 Å². The monoisotopic (exact) mass is 243 g/mol. The van der Waals surface area contributed by atoms with Crippen molar-refractivity contribution in [2.45, 2.75) is 19.8 Å². The van der Waals surface area contributed by atoms with Crippen LogP contribution in [0.15, 0.2) is 12.2 Å². The highest BCUT2D eigenvalue weighted by Crippen LogP contribution is 2.16. The summed E-state index contributed by atoms with van der Waals surface area (Å²) < 4.78 is 9.99. The van der Waals surface area contributed by atoms with Gasteiger partial charge in [-0.3, -0.25) is 0 Å². The van der Waals surface area contributed by atoms with Gasteiger partial charge in [-0.15, -0.1) is 0 Å². The molecule has 0 bridgehead atoms. The summed E-state index contributed by atoms with van der Waals surface area (Å²) in [5, 5.41) is 11.9. The molecule has 1 aliphatic rings. The summed E-state index contributed by atoms with van der Waals surface area (Å²) in [6, 6.07) is 0. The molecule has 0 amide bonds. The molecule has 1 saturated heterocycles. The summed E-state index contributed by atoms with van der Waals surface area (Å²) in [7, 11) is 0. The number of ether oxygens (including phenoxy) is 2. The minimum absolute atomic E-state index is 0.133. The Labute approximate surface area is 102 Å². The SMILES string of the molecule is C=C(C)C(=O)OCCOCC[N+]1([O-])CCCC1.